The lowest BCUT2D eigenvalue weighted by Gasteiger charge is -2.31. The second kappa shape index (κ2) is 7.30. The third kappa shape index (κ3) is 4.60. The highest BCUT2D eigenvalue weighted by molar-refractivity contribution is 4.71. The van der Waals surface area contributed by atoms with Gasteiger partial charge in [-0.1, -0.05) is 13.3 Å². The van der Waals surface area contributed by atoms with Gasteiger partial charge in [-0.15, -0.1) is 0 Å². The lowest BCUT2D eigenvalue weighted by Crippen LogP contribution is -2.40. The van der Waals surface area contributed by atoms with E-state index >= 15 is 0 Å². The van der Waals surface area contributed by atoms with Gasteiger partial charge in [0, 0.05) is 20.8 Å². The van der Waals surface area contributed by atoms with Crippen LogP contribution in [0.1, 0.15) is 33.6 Å². The van der Waals surface area contributed by atoms with Crippen LogP contribution >= 0.6 is 0 Å². The molecule has 0 aliphatic rings. The zero-order chi connectivity index (χ0) is 10.3. The van der Waals surface area contributed by atoms with E-state index in [4.69, 9.17) is 9.47 Å². The standard InChI is InChI=1S/C10H22NO2/c1-6-7-8-11(9(2)12-4)10(3)13-5/h8-10H,6-7H2,1-5H3. The van der Waals surface area contributed by atoms with Gasteiger partial charge >= 0.3 is 0 Å². The van der Waals surface area contributed by atoms with Crippen LogP contribution in [0, 0.1) is 6.54 Å². The summed E-state index contributed by atoms with van der Waals surface area (Å²) in [6.45, 7) is 8.33. The monoisotopic (exact) mass is 188 g/mol. The molecule has 3 heteroatoms. The highest BCUT2D eigenvalue weighted by Gasteiger charge is 2.18. The SMILES string of the molecule is CCC[CH]N(C(C)OC)C(C)OC. The fourth-order valence-electron chi connectivity index (χ4n) is 1.11. The molecule has 0 aliphatic carbocycles. The quantitative estimate of drug-likeness (QED) is 0.572. The third-order valence-electron chi connectivity index (χ3n) is 2.15. The molecule has 0 fully saturated rings. The second-order valence-electron chi connectivity index (χ2n) is 3.09. The molecule has 1 radical (unpaired) electrons. The maximum Gasteiger partial charge on any atom is 0.109 e. The number of methoxy groups -OCH3 is 2. The predicted molar refractivity (Wildman–Crippen MR) is 54.0 cm³/mol. The van der Waals surface area contributed by atoms with Gasteiger partial charge < -0.3 is 9.47 Å². The Kier molecular flexibility index (Phi) is 7.23. The van der Waals surface area contributed by atoms with Crippen LogP contribution in [0.15, 0.2) is 0 Å². The van der Waals surface area contributed by atoms with Gasteiger partial charge in [0.1, 0.15) is 12.5 Å². The van der Waals surface area contributed by atoms with Crippen molar-refractivity contribution in [2.24, 2.45) is 0 Å². The molecule has 2 unspecified atom stereocenters. The minimum Gasteiger partial charge on any atom is -0.367 e. The Hall–Kier alpha value is -0.120. The summed E-state index contributed by atoms with van der Waals surface area (Å²) in [5.74, 6) is 0. The molecule has 13 heavy (non-hydrogen) atoms. The number of hydrogen-bond acceptors (Lipinski definition) is 3. The van der Waals surface area contributed by atoms with Crippen LogP contribution in [0.4, 0.5) is 0 Å². The molecule has 0 heterocycles. The normalized spacial score (nSPS) is 16.2. The maximum atomic E-state index is 5.25. The Morgan fingerprint density at radius 3 is 1.92 bits per heavy atom. The maximum absolute atomic E-state index is 5.25. The summed E-state index contributed by atoms with van der Waals surface area (Å²) in [6.07, 6.45) is 2.34. The van der Waals surface area contributed by atoms with Crippen molar-refractivity contribution in [3.63, 3.8) is 0 Å². The first-order chi connectivity index (χ1) is 6.17. The first-order valence-electron chi connectivity index (χ1n) is 4.83. The van der Waals surface area contributed by atoms with Gasteiger partial charge in [0.15, 0.2) is 0 Å². The van der Waals surface area contributed by atoms with E-state index in [-0.39, 0.29) is 12.5 Å². The predicted octanol–water partition coefficient (Wildman–Crippen LogP) is 2.24. The largest absolute Gasteiger partial charge is 0.367 e. The highest BCUT2D eigenvalue weighted by atomic mass is 16.5. The zero-order valence-electron chi connectivity index (χ0n) is 9.41. The summed E-state index contributed by atoms with van der Waals surface area (Å²) in [6, 6.07) is 0. The molecule has 0 rings (SSSR count). The van der Waals surface area contributed by atoms with Crippen LogP contribution in [-0.4, -0.2) is 31.6 Å². The summed E-state index contributed by atoms with van der Waals surface area (Å²) in [5.41, 5.74) is 0. The first-order valence-corrected chi connectivity index (χ1v) is 4.83. The molecule has 0 aromatic rings. The van der Waals surface area contributed by atoms with Crippen molar-refractivity contribution in [2.45, 2.75) is 46.1 Å². The van der Waals surface area contributed by atoms with Crippen molar-refractivity contribution >= 4 is 0 Å². The Morgan fingerprint density at radius 1 is 1.15 bits per heavy atom. The molecule has 79 valence electrons. The number of unbranched alkanes of at least 4 members (excludes halogenated alkanes) is 1. The van der Waals surface area contributed by atoms with Crippen molar-refractivity contribution in [1.29, 1.82) is 0 Å². The minimum absolute atomic E-state index is 0.0708. The van der Waals surface area contributed by atoms with Crippen LogP contribution in [0.3, 0.4) is 0 Å². The molecular weight excluding hydrogens is 166 g/mol. The lowest BCUT2D eigenvalue weighted by molar-refractivity contribution is -0.101. The average Bonchev–Trinajstić information content (AvgIpc) is 2.17. The molecule has 0 saturated carbocycles. The smallest absolute Gasteiger partial charge is 0.109 e. The van der Waals surface area contributed by atoms with E-state index < -0.39 is 0 Å². The van der Waals surface area contributed by atoms with Crippen LogP contribution < -0.4 is 0 Å². The molecule has 0 saturated heterocycles. The van der Waals surface area contributed by atoms with E-state index in [0.29, 0.717) is 0 Å². The second-order valence-corrected chi connectivity index (χ2v) is 3.09. The van der Waals surface area contributed by atoms with Crippen molar-refractivity contribution in [1.82, 2.24) is 4.90 Å². The molecule has 2 atom stereocenters. The van der Waals surface area contributed by atoms with Gasteiger partial charge in [-0.2, -0.15) is 0 Å². The Morgan fingerprint density at radius 2 is 1.62 bits per heavy atom. The molecule has 0 amide bonds. The minimum atomic E-state index is 0.0708. The van der Waals surface area contributed by atoms with Crippen LogP contribution in [0.25, 0.3) is 0 Å². The van der Waals surface area contributed by atoms with E-state index in [1.807, 2.05) is 13.8 Å². The fourth-order valence-corrected chi connectivity index (χ4v) is 1.11. The zero-order valence-corrected chi connectivity index (χ0v) is 9.41. The molecule has 0 bridgehead atoms. The number of ether oxygens (including phenoxy) is 2. The number of hydrogen-bond donors (Lipinski definition) is 0. The molecule has 3 nitrogen and oxygen atoms in total. The van der Waals surface area contributed by atoms with Crippen molar-refractivity contribution in [3.05, 3.63) is 6.54 Å². The molecule has 0 aromatic carbocycles. The van der Waals surface area contributed by atoms with Gasteiger partial charge in [0.25, 0.3) is 0 Å². The summed E-state index contributed by atoms with van der Waals surface area (Å²) in [7, 11) is 3.42. The van der Waals surface area contributed by atoms with Gasteiger partial charge in [-0.3, -0.25) is 0 Å². The molecule has 0 N–H and O–H groups in total. The fraction of sp³-hybridized carbons (Fsp3) is 0.900. The average molecular weight is 188 g/mol. The molecule has 0 aliphatic heterocycles. The Balaban J connectivity index is 4.01. The summed E-state index contributed by atoms with van der Waals surface area (Å²) >= 11 is 0. The van der Waals surface area contributed by atoms with Crippen molar-refractivity contribution < 1.29 is 9.47 Å². The molecule has 0 aromatic heterocycles. The van der Waals surface area contributed by atoms with Crippen molar-refractivity contribution in [3.8, 4) is 0 Å². The third-order valence-corrected chi connectivity index (χ3v) is 2.15. The van der Waals surface area contributed by atoms with Gasteiger partial charge in [0.05, 0.1) is 0 Å². The van der Waals surface area contributed by atoms with E-state index in [1.54, 1.807) is 14.2 Å². The summed E-state index contributed by atoms with van der Waals surface area (Å²) in [4.78, 5) is 2.09. The highest BCUT2D eigenvalue weighted by Crippen LogP contribution is 2.12. The van der Waals surface area contributed by atoms with Gasteiger partial charge in [0.2, 0.25) is 0 Å². The topological polar surface area (TPSA) is 21.7 Å². The molecular formula is C10H22NO2. The van der Waals surface area contributed by atoms with Crippen LogP contribution in [0.5, 0.6) is 0 Å². The summed E-state index contributed by atoms with van der Waals surface area (Å²) in [5, 5.41) is 0. The van der Waals surface area contributed by atoms with Gasteiger partial charge in [-0.25, -0.2) is 4.90 Å². The van der Waals surface area contributed by atoms with E-state index in [1.165, 1.54) is 0 Å². The van der Waals surface area contributed by atoms with Crippen LogP contribution in [-0.2, 0) is 9.47 Å². The van der Waals surface area contributed by atoms with Crippen molar-refractivity contribution in [2.75, 3.05) is 14.2 Å². The number of rotatable bonds is 7. The number of nitrogens with zero attached hydrogens (tertiary/aromatic N) is 1. The van der Waals surface area contributed by atoms with Crippen LogP contribution in [0.2, 0.25) is 0 Å². The first kappa shape index (κ1) is 12.9. The Labute approximate surface area is 82.0 Å². The van der Waals surface area contributed by atoms with E-state index in [0.717, 1.165) is 12.8 Å². The Bertz CT molecular complexity index is 109. The van der Waals surface area contributed by atoms with Gasteiger partial charge in [-0.05, 0) is 20.3 Å². The summed E-state index contributed by atoms with van der Waals surface area (Å²) < 4.78 is 10.5. The van der Waals surface area contributed by atoms with E-state index in [9.17, 15) is 0 Å². The molecule has 0 spiro atoms. The van der Waals surface area contributed by atoms with E-state index in [2.05, 4.69) is 18.4 Å². The lowest BCUT2D eigenvalue weighted by atomic mass is 10.3.